The highest BCUT2D eigenvalue weighted by atomic mass is 32.1. The van der Waals surface area contributed by atoms with Gasteiger partial charge in [0.15, 0.2) is 5.69 Å². The molecule has 2 saturated heterocycles. The number of rotatable bonds is 1. The summed E-state index contributed by atoms with van der Waals surface area (Å²) in [6.07, 6.45) is -0.642. The van der Waals surface area contributed by atoms with E-state index in [1.54, 1.807) is 5.38 Å². The number of amides is 1. The van der Waals surface area contributed by atoms with E-state index in [-0.39, 0.29) is 11.4 Å². The number of piperidine rings is 1. The Balaban J connectivity index is 0.000000277. The monoisotopic (exact) mass is 380 g/mol. The SMILES string of the molecule is CN1CCC2(CCCN2C(=O)c2csnn2)CC1.O=C(O)C(F)(F)F. The number of carboxylic acid groups (broad SMARTS) is 1. The third-order valence-electron chi connectivity index (χ3n) is 4.58. The van der Waals surface area contributed by atoms with Gasteiger partial charge in [-0.25, -0.2) is 4.79 Å². The summed E-state index contributed by atoms with van der Waals surface area (Å²) in [5, 5.41) is 12.8. The minimum Gasteiger partial charge on any atom is -0.475 e. The molecule has 0 saturated carbocycles. The molecule has 0 aromatic carbocycles. The Kier molecular flexibility index (Phi) is 5.99. The maximum absolute atomic E-state index is 12.5. The van der Waals surface area contributed by atoms with Gasteiger partial charge in [0.1, 0.15) is 0 Å². The summed E-state index contributed by atoms with van der Waals surface area (Å²) in [4.78, 5) is 25.8. The lowest BCUT2D eigenvalue weighted by Gasteiger charge is -2.43. The molecule has 2 fully saturated rings. The lowest BCUT2D eigenvalue weighted by molar-refractivity contribution is -0.192. The topological polar surface area (TPSA) is 86.6 Å². The molecule has 0 radical (unpaired) electrons. The van der Waals surface area contributed by atoms with Gasteiger partial charge in [0.05, 0.1) is 0 Å². The van der Waals surface area contributed by atoms with Crippen LogP contribution < -0.4 is 0 Å². The fraction of sp³-hybridized carbons (Fsp3) is 0.714. The Hall–Kier alpha value is -1.75. The molecule has 1 aromatic heterocycles. The highest BCUT2D eigenvalue weighted by molar-refractivity contribution is 7.03. The molecule has 3 heterocycles. The number of nitrogens with zero attached hydrogens (tertiary/aromatic N) is 4. The van der Waals surface area contributed by atoms with Gasteiger partial charge in [0.2, 0.25) is 0 Å². The summed E-state index contributed by atoms with van der Waals surface area (Å²) in [5.41, 5.74) is 0.605. The van der Waals surface area contributed by atoms with Crippen LogP contribution in [0, 0.1) is 0 Å². The van der Waals surface area contributed by atoms with Gasteiger partial charge in [-0.3, -0.25) is 4.79 Å². The van der Waals surface area contributed by atoms with E-state index < -0.39 is 12.1 Å². The van der Waals surface area contributed by atoms with Crippen molar-refractivity contribution in [3.8, 4) is 0 Å². The first-order chi connectivity index (χ1) is 11.7. The number of alkyl halides is 3. The van der Waals surface area contributed by atoms with Crippen LogP contribution in [0.1, 0.15) is 36.2 Å². The minimum absolute atomic E-state index is 0.0748. The van der Waals surface area contributed by atoms with Crippen molar-refractivity contribution in [2.24, 2.45) is 0 Å². The molecule has 7 nitrogen and oxygen atoms in total. The highest BCUT2D eigenvalue weighted by Gasteiger charge is 2.45. The maximum atomic E-state index is 12.5. The number of carbonyl (C=O) groups is 2. The van der Waals surface area contributed by atoms with Gasteiger partial charge >= 0.3 is 12.1 Å². The Morgan fingerprint density at radius 3 is 2.32 bits per heavy atom. The van der Waals surface area contributed by atoms with Crippen LogP contribution in [0.2, 0.25) is 0 Å². The van der Waals surface area contributed by atoms with Crippen LogP contribution in [0.3, 0.4) is 0 Å². The highest BCUT2D eigenvalue weighted by Crippen LogP contribution is 2.38. The van der Waals surface area contributed by atoms with Gasteiger partial charge in [0.25, 0.3) is 5.91 Å². The van der Waals surface area contributed by atoms with Gasteiger partial charge < -0.3 is 14.9 Å². The summed E-state index contributed by atoms with van der Waals surface area (Å²) < 4.78 is 35.5. The van der Waals surface area contributed by atoms with Crippen LogP contribution in [-0.2, 0) is 4.79 Å². The van der Waals surface area contributed by atoms with Crippen molar-refractivity contribution >= 4 is 23.4 Å². The Morgan fingerprint density at radius 2 is 1.84 bits per heavy atom. The largest absolute Gasteiger partial charge is 0.490 e. The van der Waals surface area contributed by atoms with E-state index in [1.165, 1.54) is 11.5 Å². The second-order valence-corrected chi connectivity index (χ2v) is 6.79. The van der Waals surface area contributed by atoms with E-state index in [0.29, 0.717) is 5.69 Å². The lowest BCUT2D eigenvalue weighted by atomic mass is 9.85. The maximum Gasteiger partial charge on any atom is 0.490 e. The summed E-state index contributed by atoms with van der Waals surface area (Å²) in [6.45, 7) is 3.04. The fourth-order valence-electron chi connectivity index (χ4n) is 3.21. The van der Waals surface area contributed by atoms with Crippen molar-refractivity contribution in [2.75, 3.05) is 26.7 Å². The third-order valence-corrected chi connectivity index (χ3v) is 5.09. The third kappa shape index (κ3) is 4.66. The number of aromatic nitrogens is 2. The van der Waals surface area contributed by atoms with Gasteiger partial charge in [-0.1, -0.05) is 4.49 Å². The average molecular weight is 380 g/mol. The van der Waals surface area contributed by atoms with Crippen LogP contribution in [-0.4, -0.2) is 74.8 Å². The van der Waals surface area contributed by atoms with Crippen molar-refractivity contribution in [3.05, 3.63) is 11.1 Å². The van der Waals surface area contributed by atoms with Crippen LogP contribution >= 0.6 is 11.5 Å². The van der Waals surface area contributed by atoms with Crippen molar-refractivity contribution < 1.29 is 27.9 Å². The van der Waals surface area contributed by atoms with E-state index >= 15 is 0 Å². The van der Waals surface area contributed by atoms with E-state index in [0.717, 1.165) is 45.3 Å². The van der Waals surface area contributed by atoms with Crippen molar-refractivity contribution in [3.63, 3.8) is 0 Å². The van der Waals surface area contributed by atoms with Crippen LogP contribution in [0.4, 0.5) is 13.2 Å². The summed E-state index contributed by atoms with van der Waals surface area (Å²) in [7, 11) is 2.15. The Morgan fingerprint density at radius 1 is 1.24 bits per heavy atom. The number of carbonyl (C=O) groups excluding carboxylic acids is 1. The predicted molar refractivity (Wildman–Crippen MR) is 83.3 cm³/mol. The molecule has 25 heavy (non-hydrogen) atoms. The molecular formula is C14H19F3N4O3S. The molecule has 0 atom stereocenters. The van der Waals surface area contributed by atoms with E-state index in [9.17, 15) is 18.0 Å². The molecule has 0 unspecified atom stereocenters. The molecule has 1 N–H and O–H groups in total. The van der Waals surface area contributed by atoms with E-state index in [4.69, 9.17) is 9.90 Å². The number of aliphatic carboxylic acids is 1. The Labute approximate surface area is 146 Å². The molecular weight excluding hydrogens is 361 g/mol. The first-order valence-corrected chi connectivity index (χ1v) is 8.57. The van der Waals surface area contributed by atoms with Crippen molar-refractivity contribution in [1.29, 1.82) is 0 Å². The number of likely N-dealkylation sites (tertiary alicyclic amines) is 2. The standard InChI is InChI=1S/C12H18N4OS.C2HF3O2/c1-15-7-4-12(5-8-15)3-2-6-16(12)11(17)10-9-18-14-13-10;3-2(4,5)1(6)7/h9H,2-8H2,1H3;(H,6,7). The van der Waals surface area contributed by atoms with Crippen LogP contribution in [0.5, 0.6) is 0 Å². The number of halogens is 3. The number of carboxylic acids is 1. The van der Waals surface area contributed by atoms with Crippen molar-refractivity contribution in [2.45, 2.75) is 37.4 Å². The van der Waals surface area contributed by atoms with Gasteiger partial charge in [0, 0.05) is 30.6 Å². The smallest absolute Gasteiger partial charge is 0.475 e. The summed E-state index contributed by atoms with van der Waals surface area (Å²) in [6, 6.07) is 0. The van der Waals surface area contributed by atoms with E-state index in [1.807, 2.05) is 0 Å². The molecule has 1 aromatic rings. The molecule has 0 bridgehead atoms. The molecule has 1 amide bonds. The van der Waals surface area contributed by atoms with Gasteiger partial charge in [-0.15, -0.1) is 5.10 Å². The average Bonchev–Trinajstić information content (AvgIpc) is 3.20. The molecule has 2 aliphatic rings. The van der Waals surface area contributed by atoms with Crippen LogP contribution in [0.15, 0.2) is 5.38 Å². The van der Waals surface area contributed by atoms with Crippen LogP contribution in [0.25, 0.3) is 0 Å². The zero-order chi connectivity index (χ0) is 18.7. The minimum atomic E-state index is -5.08. The molecule has 140 valence electrons. The number of hydrogen-bond donors (Lipinski definition) is 1. The Bertz CT molecular complexity index is 601. The zero-order valence-corrected chi connectivity index (χ0v) is 14.4. The molecule has 0 aliphatic carbocycles. The first kappa shape index (κ1) is 19.6. The fourth-order valence-corrected chi connectivity index (χ4v) is 3.64. The number of hydrogen-bond acceptors (Lipinski definition) is 6. The normalized spacial score (nSPS) is 20.2. The second-order valence-electron chi connectivity index (χ2n) is 6.18. The quantitative estimate of drug-likeness (QED) is 0.801. The first-order valence-electron chi connectivity index (χ1n) is 7.73. The van der Waals surface area contributed by atoms with Crippen molar-refractivity contribution in [1.82, 2.24) is 19.4 Å². The molecule has 11 heteroatoms. The predicted octanol–water partition coefficient (Wildman–Crippen LogP) is 1.87. The summed E-state index contributed by atoms with van der Waals surface area (Å²) in [5.74, 6) is -2.68. The van der Waals surface area contributed by atoms with Gasteiger partial charge in [-0.2, -0.15) is 13.2 Å². The molecule has 3 rings (SSSR count). The summed E-state index contributed by atoms with van der Waals surface area (Å²) >= 11 is 1.25. The molecule has 1 spiro atoms. The zero-order valence-electron chi connectivity index (χ0n) is 13.6. The lowest BCUT2D eigenvalue weighted by Crippen LogP contribution is -2.53. The van der Waals surface area contributed by atoms with E-state index in [2.05, 4.69) is 26.4 Å². The second kappa shape index (κ2) is 7.65. The molecule has 2 aliphatic heterocycles. The van der Waals surface area contributed by atoms with Gasteiger partial charge in [-0.05, 0) is 44.3 Å².